The highest BCUT2D eigenvalue weighted by Crippen LogP contribution is 2.30. The lowest BCUT2D eigenvalue weighted by Crippen LogP contribution is -2.39. The number of hydrogen-bond donors (Lipinski definition) is 2. The number of amides is 2. The van der Waals surface area contributed by atoms with Crippen LogP contribution in [-0.2, 0) is 11.3 Å². The van der Waals surface area contributed by atoms with Gasteiger partial charge in [0.05, 0.1) is 28.5 Å². The first-order valence-corrected chi connectivity index (χ1v) is 13.1. The maximum Gasteiger partial charge on any atom is 0.407 e. The van der Waals surface area contributed by atoms with Crippen molar-refractivity contribution < 1.29 is 18.7 Å². The summed E-state index contributed by atoms with van der Waals surface area (Å²) in [6, 6.07) is 12.2. The van der Waals surface area contributed by atoms with Crippen LogP contribution in [0.15, 0.2) is 54.9 Å². The summed E-state index contributed by atoms with van der Waals surface area (Å²) in [7, 11) is 0. The van der Waals surface area contributed by atoms with Gasteiger partial charge in [-0.05, 0) is 43.5 Å². The molecule has 4 aromatic rings. The van der Waals surface area contributed by atoms with Gasteiger partial charge in [0.15, 0.2) is 5.69 Å². The van der Waals surface area contributed by atoms with Crippen molar-refractivity contribution in [1.82, 2.24) is 25.2 Å². The first-order valence-electron chi connectivity index (χ1n) is 12.3. The average Bonchev–Trinajstić information content (AvgIpc) is 3.53. The quantitative estimate of drug-likeness (QED) is 0.349. The minimum absolute atomic E-state index is 0.179. The van der Waals surface area contributed by atoms with E-state index in [-0.39, 0.29) is 30.5 Å². The van der Waals surface area contributed by atoms with Gasteiger partial charge < -0.3 is 20.3 Å². The number of pyridine rings is 1. The van der Waals surface area contributed by atoms with Crippen LogP contribution in [-0.4, -0.2) is 51.0 Å². The molecular formula is C27H27FN6O3S. The standard InChI is InChI=1S/C27H27FN6O3S/c1-16-10-22-24(38-16)23(33-26(32-22)30-17(2)19-11-20(28)13-29-12-19)25(35)34-9-8-21(14-34)31-27(36)37-15-18-6-4-3-5-7-18/h3-7,10-13,17,21H,8-9,14-15H2,1-2H3,(H,31,36)(H,30,32,33). The molecule has 0 radical (unpaired) electrons. The number of carbonyl (C=O) groups is 2. The molecular weight excluding hydrogens is 507 g/mol. The SMILES string of the molecule is Cc1cc2nc(NC(C)c3cncc(F)c3)nc(C(=O)N3CCC(NC(=O)OCc4ccccc4)C3)c2s1. The fraction of sp³-hybridized carbons (Fsp3) is 0.296. The lowest BCUT2D eigenvalue weighted by Gasteiger charge is -2.18. The zero-order valence-corrected chi connectivity index (χ0v) is 21.8. The second-order valence-electron chi connectivity index (χ2n) is 9.21. The zero-order chi connectivity index (χ0) is 26.6. The largest absolute Gasteiger partial charge is 0.445 e. The minimum Gasteiger partial charge on any atom is -0.445 e. The molecule has 2 N–H and O–H groups in total. The number of nitrogens with zero attached hydrogens (tertiary/aromatic N) is 4. The van der Waals surface area contributed by atoms with Crippen molar-refractivity contribution in [3.05, 3.63) is 82.4 Å². The maximum atomic E-state index is 13.6. The van der Waals surface area contributed by atoms with E-state index in [1.54, 1.807) is 11.1 Å². The summed E-state index contributed by atoms with van der Waals surface area (Å²) >= 11 is 1.46. The first-order chi connectivity index (χ1) is 18.4. The van der Waals surface area contributed by atoms with Crippen LogP contribution in [0.2, 0.25) is 0 Å². The summed E-state index contributed by atoms with van der Waals surface area (Å²) in [4.78, 5) is 41.6. The Balaban J connectivity index is 1.27. The van der Waals surface area contributed by atoms with Crippen molar-refractivity contribution in [3.63, 3.8) is 0 Å². The van der Waals surface area contributed by atoms with E-state index in [0.717, 1.165) is 16.6 Å². The Bertz CT molecular complexity index is 1460. The van der Waals surface area contributed by atoms with Crippen LogP contribution in [0.4, 0.5) is 15.1 Å². The number of aromatic nitrogens is 3. The van der Waals surface area contributed by atoms with Crippen LogP contribution >= 0.6 is 11.3 Å². The van der Waals surface area contributed by atoms with Crippen LogP contribution in [0.1, 0.15) is 45.9 Å². The van der Waals surface area contributed by atoms with E-state index in [2.05, 4.69) is 25.6 Å². The molecule has 2 atom stereocenters. The predicted octanol–water partition coefficient (Wildman–Crippen LogP) is 4.85. The molecule has 2 unspecified atom stereocenters. The lowest BCUT2D eigenvalue weighted by molar-refractivity contribution is 0.0783. The number of aryl methyl sites for hydroxylation is 1. The van der Waals surface area contributed by atoms with E-state index in [0.29, 0.717) is 41.0 Å². The highest BCUT2D eigenvalue weighted by Gasteiger charge is 2.31. The summed E-state index contributed by atoms with van der Waals surface area (Å²) in [5.41, 5.74) is 2.50. The number of fused-ring (bicyclic) bond motifs is 1. The number of halogens is 1. The van der Waals surface area contributed by atoms with Gasteiger partial charge in [-0.15, -0.1) is 11.3 Å². The van der Waals surface area contributed by atoms with Crippen molar-refractivity contribution in [3.8, 4) is 0 Å². The molecule has 1 saturated heterocycles. The Labute approximate surface area is 223 Å². The third-order valence-corrected chi connectivity index (χ3v) is 7.33. The van der Waals surface area contributed by atoms with Gasteiger partial charge in [-0.2, -0.15) is 0 Å². The van der Waals surface area contributed by atoms with Crippen molar-refractivity contribution >= 4 is 39.5 Å². The van der Waals surface area contributed by atoms with Gasteiger partial charge in [-0.25, -0.2) is 19.2 Å². The number of rotatable bonds is 7. The number of carbonyl (C=O) groups excluding carboxylic acids is 2. The van der Waals surface area contributed by atoms with E-state index >= 15 is 0 Å². The number of alkyl carbamates (subject to hydrolysis) is 1. The minimum atomic E-state index is -0.515. The maximum absolute atomic E-state index is 13.6. The van der Waals surface area contributed by atoms with Crippen LogP contribution in [0.3, 0.4) is 0 Å². The third kappa shape index (κ3) is 5.88. The lowest BCUT2D eigenvalue weighted by atomic mass is 10.1. The van der Waals surface area contributed by atoms with Crippen LogP contribution in [0.25, 0.3) is 10.2 Å². The number of hydrogen-bond acceptors (Lipinski definition) is 8. The molecule has 1 aliphatic heterocycles. The molecule has 0 aliphatic carbocycles. The Hall–Kier alpha value is -4.12. The second kappa shape index (κ2) is 11.1. The summed E-state index contributed by atoms with van der Waals surface area (Å²) < 4.78 is 19.7. The van der Waals surface area contributed by atoms with Crippen LogP contribution in [0.5, 0.6) is 0 Å². The van der Waals surface area contributed by atoms with Gasteiger partial charge in [0.25, 0.3) is 5.91 Å². The van der Waals surface area contributed by atoms with Gasteiger partial charge in [0.1, 0.15) is 12.4 Å². The first kappa shape index (κ1) is 25.5. The Morgan fingerprint density at radius 2 is 2.03 bits per heavy atom. The highest BCUT2D eigenvalue weighted by molar-refractivity contribution is 7.19. The Kier molecular flexibility index (Phi) is 7.45. The molecule has 1 aromatic carbocycles. The number of ether oxygens (including phenoxy) is 1. The average molecular weight is 535 g/mol. The molecule has 1 fully saturated rings. The Morgan fingerprint density at radius 1 is 1.21 bits per heavy atom. The van der Waals surface area contributed by atoms with Crippen molar-refractivity contribution in [2.45, 2.75) is 39.0 Å². The van der Waals surface area contributed by atoms with Crippen LogP contribution in [0, 0.1) is 12.7 Å². The normalized spacial score (nSPS) is 15.9. The van der Waals surface area contributed by atoms with Crippen molar-refractivity contribution in [2.24, 2.45) is 0 Å². The number of benzene rings is 1. The van der Waals surface area contributed by atoms with Crippen molar-refractivity contribution in [2.75, 3.05) is 18.4 Å². The fourth-order valence-electron chi connectivity index (χ4n) is 4.34. The monoisotopic (exact) mass is 534 g/mol. The van der Waals surface area contributed by atoms with Gasteiger partial charge in [-0.1, -0.05) is 30.3 Å². The van der Waals surface area contributed by atoms with Gasteiger partial charge >= 0.3 is 6.09 Å². The molecule has 0 saturated carbocycles. The number of likely N-dealkylation sites (tertiary alicyclic amines) is 1. The molecule has 9 nitrogen and oxygen atoms in total. The molecule has 3 aromatic heterocycles. The van der Waals surface area contributed by atoms with E-state index < -0.39 is 11.9 Å². The van der Waals surface area contributed by atoms with Gasteiger partial charge in [0.2, 0.25) is 5.95 Å². The highest BCUT2D eigenvalue weighted by atomic mass is 32.1. The molecule has 196 valence electrons. The fourth-order valence-corrected chi connectivity index (χ4v) is 5.28. The van der Waals surface area contributed by atoms with Crippen molar-refractivity contribution in [1.29, 1.82) is 0 Å². The Morgan fingerprint density at radius 3 is 2.82 bits per heavy atom. The topological polar surface area (TPSA) is 109 Å². The third-order valence-electron chi connectivity index (χ3n) is 6.28. The molecule has 1 aliphatic rings. The number of thiophene rings is 1. The van der Waals surface area contributed by atoms with E-state index in [1.165, 1.54) is 17.4 Å². The van der Waals surface area contributed by atoms with Crippen LogP contribution < -0.4 is 10.6 Å². The molecule has 4 heterocycles. The smallest absolute Gasteiger partial charge is 0.407 e. The summed E-state index contributed by atoms with van der Waals surface area (Å²) in [5, 5.41) is 6.02. The predicted molar refractivity (Wildman–Crippen MR) is 142 cm³/mol. The number of nitrogens with one attached hydrogen (secondary N) is 2. The zero-order valence-electron chi connectivity index (χ0n) is 21.0. The molecule has 0 spiro atoms. The number of anilines is 1. The van der Waals surface area contributed by atoms with E-state index in [1.807, 2.05) is 50.2 Å². The van der Waals surface area contributed by atoms with E-state index in [9.17, 15) is 14.0 Å². The molecule has 11 heteroatoms. The summed E-state index contributed by atoms with van der Waals surface area (Å²) in [6.07, 6.45) is 2.81. The molecule has 38 heavy (non-hydrogen) atoms. The molecule has 2 amide bonds. The van der Waals surface area contributed by atoms with Gasteiger partial charge in [-0.3, -0.25) is 9.78 Å². The molecule has 0 bridgehead atoms. The molecule has 5 rings (SSSR count). The summed E-state index contributed by atoms with van der Waals surface area (Å²) in [5.74, 6) is -0.393. The van der Waals surface area contributed by atoms with Gasteiger partial charge in [0, 0.05) is 24.2 Å². The summed E-state index contributed by atoms with van der Waals surface area (Å²) in [6.45, 7) is 4.80. The van der Waals surface area contributed by atoms with E-state index in [4.69, 9.17) is 4.74 Å². The second-order valence-corrected chi connectivity index (χ2v) is 10.5.